The number of nitrogens with one attached hydrogen (secondary N) is 1. The molecule has 0 fully saturated rings. The smallest absolute Gasteiger partial charge is 0.262 e. The van der Waals surface area contributed by atoms with Gasteiger partial charge in [0.1, 0.15) is 23.0 Å². The number of ether oxygens (including phenoxy) is 2. The van der Waals surface area contributed by atoms with E-state index in [1.165, 1.54) is 12.4 Å². The number of carbonyl (C=O) groups excluding carboxylic acids is 1. The Kier molecular flexibility index (Phi) is 3.45. The van der Waals surface area contributed by atoms with Gasteiger partial charge in [-0.2, -0.15) is 0 Å². The molecule has 7 heteroatoms. The van der Waals surface area contributed by atoms with Gasteiger partial charge in [-0.05, 0) is 6.07 Å². The number of aromatic nitrogens is 2. The van der Waals surface area contributed by atoms with Crippen molar-refractivity contribution in [3.8, 4) is 17.4 Å². The molecule has 2 heterocycles. The zero-order valence-electron chi connectivity index (χ0n) is 10.8. The van der Waals surface area contributed by atoms with Crippen LogP contribution in [0, 0.1) is 0 Å². The minimum absolute atomic E-state index is 0.0353. The van der Waals surface area contributed by atoms with E-state index in [0.717, 1.165) is 0 Å². The number of rotatable bonds is 3. The first-order valence-corrected chi connectivity index (χ1v) is 6.42. The summed E-state index contributed by atoms with van der Waals surface area (Å²) in [6.45, 7) is 3.68. The quantitative estimate of drug-likeness (QED) is 0.883. The average Bonchev–Trinajstić information content (AvgIpc) is 2.47. The highest BCUT2D eigenvalue weighted by Crippen LogP contribution is 2.37. The molecular formula is C14H10ClN3O3. The second kappa shape index (κ2) is 5.41. The molecule has 1 aromatic carbocycles. The van der Waals surface area contributed by atoms with E-state index in [-0.39, 0.29) is 17.7 Å². The molecule has 2 aromatic rings. The Hall–Kier alpha value is -2.60. The van der Waals surface area contributed by atoms with Crippen LogP contribution in [-0.2, 0) is 4.79 Å². The topological polar surface area (TPSA) is 73.3 Å². The lowest BCUT2D eigenvalue weighted by Crippen LogP contribution is -2.25. The Balaban J connectivity index is 1.97. The number of fused-ring (bicyclic) bond motifs is 1. The highest BCUT2D eigenvalue weighted by atomic mass is 35.5. The number of halogens is 1. The number of anilines is 1. The summed E-state index contributed by atoms with van der Waals surface area (Å²) in [6.07, 6.45) is 2.91. The molecule has 1 N–H and O–H groups in total. The molecule has 6 nitrogen and oxygen atoms in total. The molecule has 0 saturated carbocycles. The van der Waals surface area contributed by atoms with Crippen molar-refractivity contribution in [1.82, 2.24) is 9.97 Å². The number of carbonyl (C=O) groups is 1. The molecule has 1 amide bonds. The van der Waals surface area contributed by atoms with Crippen LogP contribution in [0.25, 0.3) is 6.08 Å². The molecule has 0 atom stereocenters. The first-order chi connectivity index (χ1) is 10.2. The van der Waals surface area contributed by atoms with Crippen molar-refractivity contribution in [1.29, 1.82) is 0 Å². The number of amides is 1. The van der Waals surface area contributed by atoms with Gasteiger partial charge in [-0.25, -0.2) is 9.97 Å². The second-order valence-electron chi connectivity index (χ2n) is 4.21. The molecule has 0 radical (unpaired) electrons. The number of benzene rings is 1. The van der Waals surface area contributed by atoms with Crippen LogP contribution >= 0.6 is 11.6 Å². The molecule has 1 aliphatic rings. The molecule has 0 unspecified atom stereocenters. The van der Waals surface area contributed by atoms with Crippen LogP contribution in [0.2, 0.25) is 5.15 Å². The minimum Gasteiger partial charge on any atom is -0.481 e. The van der Waals surface area contributed by atoms with Gasteiger partial charge in [-0.1, -0.05) is 24.3 Å². The van der Waals surface area contributed by atoms with E-state index < -0.39 is 0 Å². The predicted octanol–water partition coefficient (Wildman–Crippen LogP) is 2.90. The molecule has 106 valence electrons. The van der Waals surface area contributed by atoms with Gasteiger partial charge in [0.15, 0.2) is 6.61 Å². The highest BCUT2D eigenvalue weighted by molar-refractivity contribution is 6.29. The van der Waals surface area contributed by atoms with E-state index in [0.29, 0.717) is 28.6 Å². The van der Waals surface area contributed by atoms with Gasteiger partial charge in [0.25, 0.3) is 5.91 Å². The summed E-state index contributed by atoms with van der Waals surface area (Å²) < 4.78 is 11.0. The molecule has 3 rings (SSSR count). The Morgan fingerprint density at radius 2 is 2.24 bits per heavy atom. The summed E-state index contributed by atoms with van der Waals surface area (Å²) in [6, 6.07) is 4.88. The van der Waals surface area contributed by atoms with Crippen molar-refractivity contribution >= 4 is 29.3 Å². The van der Waals surface area contributed by atoms with Gasteiger partial charge >= 0.3 is 0 Å². The Morgan fingerprint density at radius 1 is 1.38 bits per heavy atom. The maximum atomic E-state index is 11.4. The van der Waals surface area contributed by atoms with Gasteiger partial charge in [-0.3, -0.25) is 4.79 Å². The van der Waals surface area contributed by atoms with E-state index in [1.807, 2.05) is 0 Å². The molecule has 0 bridgehead atoms. The van der Waals surface area contributed by atoms with Crippen LogP contribution in [0.3, 0.4) is 0 Å². The summed E-state index contributed by atoms with van der Waals surface area (Å²) in [5.41, 5.74) is 1.27. The number of hydrogen-bond acceptors (Lipinski definition) is 5. The van der Waals surface area contributed by atoms with E-state index >= 15 is 0 Å². The zero-order chi connectivity index (χ0) is 14.8. The van der Waals surface area contributed by atoms with Crippen molar-refractivity contribution in [2.45, 2.75) is 0 Å². The van der Waals surface area contributed by atoms with E-state index in [1.54, 1.807) is 18.2 Å². The third-order valence-electron chi connectivity index (χ3n) is 2.78. The fourth-order valence-electron chi connectivity index (χ4n) is 1.89. The fraction of sp³-hybridized carbons (Fsp3) is 0.0714. The number of nitrogens with zero attached hydrogens (tertiary/aromatic N) is 2. The minimum atomic E-state index is -0.207. The first-order valence-electron chi connectivity index (χ1n) is 6.04. The summed E-state index contributed by atoms with van der Waals surface area (Å²) in [4.78, 5) is 19.1. The van der Waals surface area contributed by atoms with Crippen LogP contribution < -0.4 is 14.8 Å². The molecule has 0 spiro atoms. The predicted molar refractivity (Wildman–Crippen MR) is 77.8 cm³/mol. The van der Waals surface area contributed by atoms with E-state index in [2.05, 4.69) is 21.9 Å². The van der Waals surface area contributed by atoms with E-state index in [9.17, 15) is 4.79 Å². The Bertz CT molecular complexity index is 733. The monoisotopic (exact) mass is 303 g/mol. The molecular weight excluding hydrogens is 294 g/mol. The van der Waals surface area contributed by atoms with Crippen molar-refractivity contribution in [2.24, 2.45) is 0 Å². The molecule has 0 aliphatic carbocycles. The van der Waals surface area contributed by atoms with Crippen LogP contribution in [0.4, 0.5) is 5.69 Å². The summed E-state index contributed by atoms with van der Waals surface area (Å²) in [7, 11) is 0. The van der Waals surface area contributed by atoms with Crippen LogP contribution in [0.5, 0.6) is 17.4 Å². The molecule has 0 saturated heterocycles. The maximum Gasteiger partial charge on any atom is 0.262 e. The highest BCUT2D eigenvalue weighted by Gasteiger charge is 2.20. The summed E-state index contributed by atoms with van der Waals surface area (Å²) in [5, 5.41) is 3.02. The fourth-order valence-corrected chi connectivity index (χ4v) is 2.03. The van der Waals surface area contributed by atoms with Gasteiger partial charge in [0, 0.05) is 17.7 Å². The third kappa shape index (κ3) is 2.80. The average molecular weight is 304 g/mol. The summed E-state index contributed by atoms with van der Waals surface area (Å²) in [5.74, 6) is 1.11. The van der Waals surface area contributed by atoms with Crippen molar-refractivity contribution < 1.29 is 14.3 Å². The van der Waals surface area contributed by atoms with Crippen molar-refractivity contribution in [2.75, 3.05) is 11.9 Å². The van der Waals surface area contributed by atoms with Gasteiger partial charge in [0.05, 0.1) is 5.69 Å². The van der Waals surface area contributed by atoms with Crippen LogP contribution in [0.1, 0.15) is 5.56 Å². The van der Waals surface area contributed by atoms with Crippen LogP contribution in [0.15, 0.2) is 31.1 Å². The lowest BCUT2D eigenvalue weighted by Gasteiger charge is -2.20. The van der Waals surface area contributed by atoms with Gasteiger partial charge in [-0.15, -0.1) is 0 Å². The SMILES string of the molecule is C=Cc1cc(Oc2cc(Cl)ncn2)cc2c1NC(=O)CO2. The lowest BCUT2D eigenvalue weighted by atomic mass is 10.1. The molecule has 1 aliphatic heterocycles. The Labute approximate surface area is 125 Å². The largest absolute Gasteiger partial charge is 0.481 e. The van der Waals surface area contributed by atoms with Crippen molar-refractivity contribution in [3.05, 3.63) is 41.8 Å². The lowest BCUT2D eigenvalue weighted by molar-refractivity contribution is -0.118. The molecule has 21 heavy (non-hydrogen) atoms. The first kappa shape index (κ1) is 13.4. The maximum absolute atomic E-state index is 11.4. The second-order valence-corrected chi connectivity index (χ2v) is 4.59. The zero-order valence-corrected chi connectivity index (χ0v) is 11.6. The Morgan fingerprint density at radius 3 is 3.00 bits per heavy atom. The van der Waals surface area contributed by atoms with E-state index in [4.69, 9.17) is 21.1 Å². The third-order valence-corrected chi connectivity index (χ3v) is 2.99. The van der Waals surface area contributed by atoms with Crippen molar-refractivity contribution in [3.63, 3.8) is 0 Å². The summed E-state index contributed by atoms with van der Waals surface area (Å²) >= 11 is 5.78. The van der Waals surface area contributed by atoms with Gasteiger partial charge in [0.2, 0.25) is 5.88 Å². The standard InChI is InChI=1S/C14H10ClN3O3/c1-2-8-3-9(21-13-5-11(15)16-7-17-13)4-10-14(8)18-12(19)6-20-10/h2-5,7H,1,6H2,(H,18,19). The normalized spacial score (nSPS) is 12.9. The number of hydrogen-bond donors (Lipinski definition) is 1. The van der Waals surface area contributed by atoms with Crippen LogP contribution in [-0.4, -0.2) is 22.5 Å². The molecule has 1 aromatic heterocycles. The van der Waals surface area contributed by atoms with Gasteiger partial charge < -0.3 is 14.8 Å².